The van der Waals surface area contributed by atoms with Crippen molar-refractivity contribution in [2.45, 2.75) is 6.92 Å². The summed E-state index contributed by atoms with van der Waals surface area (Å²) >= 11 is 2.08. The molecule has 3 aromatic carbocycles. The van der Waals surface area contributed by atoms with E-state index in [1.54, 1.807) is 48.5 Å². The van der Waals surface area contributed by atoms with Crippen LogP contribution < -0.4 is 15.5 Å². The van der Waals surface area contributed by atoms with Gasteiger partial charge in [-0.2, -0.15) is 5.10 Å². The molecule has 2 amide bonds. The Morgan fingerprint density at radius 1 is 0.969 bits per heavy atom. The first-order chi connectivity index (χ1) is 15.4. The van der Waals surface area contributed by atoms with Gasteiger partial charge < -0.3 is 10.1 Å². The van der Waals surface area contributed by atoms with E-state index in [0.717, 1.165) is 9.13 Å². The summed E-state index contributed by atoms with van der Waals surface area (Å²) in [6.07, 6.45) is 1.45. The first-order valence-electron chi connectivity index (χ1n) is 9.66. The first kappa shape index (κ1) is 23.1. The van der Waals surface area contributed by atoms with Crippen molar-refractivity contribution in [2.24, 2.45) is 5.10 Å². The van der Waals surface area contributed by atoms with Crippen LogP contribution in [0.15, 0.2) is 77.9 Å². The highest BCUT2D eigenvalue weighted by Gasteiger charge is 2.11. The summed E-state index contributed by atoms with van der Waals surface area (Å²) < 4.78 is 6.19. The number of hydrazone groups is 1. The second-order valence-corrected chi connectivity index (χ2v) is 7.94. The Morgan fingerprint density at radius 2 is 1.66 bits per heavy atom. The third-order valence-electron chi connectivity index (χ3n) is 4.31. The summed E-state index contributed by atoms with van der Waals surface area (Å²) in [6.45, 7) is 1.73. The van der Waals surface area contributed by atoms with Gasteiger partial charge in [-0.3, -0.25) is 9.59 Å². The van der Waals surface area contributed by atoms with Crippen LogP contribution in [0.3, 0.4) is 0 Å². The molecule has 0 bridgehead atoms. The third kappa shape index (κ3) is 6.74. The van der Waals surface area contributed by atoms with Crippen molar-refractivity contribution < 1.29 is 19.1 Å². The minimum absolute atomic E-state index is 0.197. The van der Waals surface area contributed by atoms with Crippen molar-refractivity contribution in [3.05, 3.63) is 98.6 Å². The number of carbonyl (C=O) groups excluding carboxylic acids is 3. The van der Waals surface area contributed by atoms with Crippen molar-refractivity contribution in [3.8, 4) is 5.75 Å². The first-order valence-corrected chi connectivity index (χ1v) is 10.7. The van der Waals surface area contributed by atoms with E-state index in [2.05, 4.69) is 38.4 Å². The lowest BCUT2D eigenvalue weighted by atomic mass is 10.1. The molecule has 0 radical (unpaired) electrons. The number of aryl methyl sites for hydroxylation is 1. The molecule has 0 saturated carbocycles. The number of rotatable bonds is 7. The van der Waals surface area contributed by atoms with Crippen molar-refractivity contribution in [2.75, 3.05) is 6.54 Å². The smallest absolute Gasteiger partial charge is 0.344 e. The molecule has 2 N–H and O–H groups in total. The van der Waals surface area contributed by atoms with Gasteiger partial charge in [0.1, 0.15) is 5.75 Å². The van der Waals surface area contributed by atoms with Gasteiger partial charge in [-0.25, -0.2) is 10.2 Å². The fraction of sp³-hybridized carbons (Fsp3) is 0.0833. The van der Waals surface area contributed by atoms with Crippen LogP contribution in [0.1, 0.15) is 31.8 Å². The highest BCUT2D eigenvalue weighted by atomic mass is 127. The number of halogens is 1. The van der Waals surface area contributed by atoms with Gasteiger partial charge in [0.2, 0.25) is 0 Å². The molecule has 0 aliphatic rings. The molecule has 0 aromatic heterocycles. The van der Waals surface area contributed by atoms with Crippen molar-refractivity contribution in [3.63, 3.8) is 0 Å². The van der Waals surface area contributed by atoms with Gasteiger partial charge in [0.25, 0.3) is 11.8 Å². The highest BCUT2D eigenvalue weighted by molar-refractivity contribution is 14.1. The van der Waals surface area contributed by atoms with Crippen LogP contribution in [0.4, 0.5) is 0 Å². The van der Waals surface area contributed by atoms with Gasteiger partial charge in [-0.1, -0.05) is 29.8 Å². The predicted molar refractivity (Wildman–Crippen MR) is 130 cm³/mol. The number of carbonyl (C=O) groups is 3. The molecule has 0 aliphatic carbocycles. The second-order valence-electron chi connectivity index (χ2n) is 6.78. The Kier molecular flexibility index (Phi) is 8.09. The van der Waals surface area contributed by atoms with E-state index < -0.39 is 11.9 Å². The third-order valence-corrected chi connectivity index (χ3v) is 5.25. The molecule has 0 unspecified atom stereocenters. The molecule has 0 heterocycles. The van der Waals surface area contributed by atoms with E-state index in [1.165, 1.54) is 6.21 Å². The van der Waals surface area contributed by atoms with Crippen LogP contribution in [-0.2, 0) is 4.79 Å². The van der Waals surface area contributed by atoms with Gasteiger partial charge in [0.15, 0.2) is 0 Å². The maximum absolute atomic E-state index is 12.3. The van der Waals surface area contributed by atoms with Crippen molar-refractivity contribution >= 4 is 46.6 Å². The lowest BCUT2D eigenvalue weighted by Gasteiger charge is -2.06. The molecule has 3 aromatic rings. The summed E-state index contributed by atoms with van der Waals surface area (Å²) in [4.78, 5) is 36.1. The van der Waals surface area contributed by atoms with Crippen molar-refractivity contribution in [1.82, 2.24) is 10.7 Å². The van der Waals surface area contributed by atoms with Crippen LogP contribution in [-0.4, -0.2) is 30.5 Å². The summed E-state index contributed by atoms with van der Waals surface area (Å²) in [6, 6.07) is 20.9. The molecule has 0 fully saturated rings. The quantitative estimate of drug-likeness (QED) is 0.157. The monoisotopic (exact) mass is 541 g/mol. The molecule has 0 atom stereocenters. The number of nitrogens with zero attached hydrogens (tertiary/aromatic N) is 1. The lowest BCUT2D eigenvalue weighted by molar-refractivity contribution is -0.120. The summed E-state index contributed by atoms with van der Waals surface area (Å²) in [7, 11) is 0. The molecular formula is C24H20IN3O4. The topological polar surface area (TPSA) is 96.9 Å². The van der Waals surface area contributed by atoms with E-state index in [0.29, 0.717) is 22.4 Å². The SMILES string of the molecule is Cc1ccc(C(=O)NCC(=O)N/N=C\c2ccc(OC(=O)c3ccccc3I)cc2)cc1. The fourth-order valence-corrected chi connectivity index (χ4v) is 3.20. The molecule has 0 aliphatic heterocycles. The standard InChI is InChI=1S/C24H20IN3O4/c1-16-6-10-18(11-7-16)23(30)26-15-22(29)28-27-14-17-8-12-19(13-9-17)32-24(31)20-4-2-3-5-21(20)25/h2-14H,15H2,1H3,(H,26,30)(H,28,29)/b27-14-. The zero-order valence-electron chi connectivity index (χ0n) is 17.2. The molecule has 8 heteroatoms. The summed E-state index contributed by atoms with van der Waals surface area (Å²) in [5.74, 6) is -0.824. The van der Waals surface area contributed by atoms with Crippen LogP contribution in [0.5, 0.6) is 5.75 Å². The number of nitrogens with one attached hydrogen (secondary N) is 2. The minimum atomic E-state index is -0.454. The second kappa shape index (κ2) is 11.2. The minimum Gasteiger partial charge on any atom is -0.423 e. The van der Waals surface area contributed by atoms with E-state index >= 15 is 0 Å². The highest BCUT2D eigenvalue weighted by Crippen LogP contribution is 2.17. The number of hydrogen-bond acceptors (Lipinski definition) is 5. The summed E-state index contributed by atoms with van der Waals surface area (Å²) in [5, 5.41) is 6.41. The number of amides is 2. The molecule has 3 rings (SSSR count). The van der Waals surface area contributed by atoms with E-state index in [1.807, 2.05) is 31.2 Å². The average molecular weight is 541 g/mol. The summed E-state index contributed by atoms with van der Waals surface area (Å²) in [5.41, 5.74) is 5.07. The average Bonchev–Trinajstić information content (AvgIpc) is 2.79. The Hall–Kier alpha value is -3.53. The zero-order chi connectivity index (χ0) is 22.9. The normalized spacial score (nSPS) is 10.6. The fourth-order valence-electron chi connectivity index (χ4n) is 2.60. The van der Waals surface area contributed by atoms with E-state index in [-0.39, 0.29) is 12.5 Å². The Bertz CT molecular complexity index is 1140. The van der Waals surface area contributed by atoms with Gasteiger partial charge in [-0.05, 0) is 83.6 Å². The molecule has 162 valence electrons. The van der Waals surface area contributed by atoms with Crippen LogP contribution >= 0.6 is 22.6 Å². The van der Waals surface area contributed by atoms with Crippen LogP contribution in [0.25, 0.3) is 0 Å². The molecule has 7 nitrogen and oxygen atoms in total. The van der Waals surface area contributed by atoms with Crippen molar-refractivity contribution in [1.29, 1.82) is 0 Å². The molecule has 32 heavy (non-hydrogen) atoms. The lowest BCUT2D eigenvalue weighted by Crippen LogP contribution is -2.34. The number of esters is 1. The number of benzene rings is 3. The van der Waals surface area contributed by atoms with Crippen LogP contribution in [0, 0.1) is 10.5 Å². The van der Waals surface area contributed by atoms with E-state index in [9.17, 15) is 14.4 Å². The van der Waals surface area contributed by atoms with Gasteiger partial charge in [0.05, 0.1) is 18.3 Å². The number of hydrogen-bond donors (Lipinski definition) is 2. The Labute approximate surface area is 199 Å². The van der Waals surface area contributed by atoms with Crippen LogP contribution in [0.2, 0.25) is 0 Å². The maximum Gasteiger partial charge on any atom is 0.344 e. The maximum atomic E-state index is 12.3. The largest absolute Gasteiger partial charge is 0.423 e. The Morgan fingerprint density at radius 3 is 2.34 bits per heavy atom. The molecular weight excluding hydrogens is 521 g/mol. The molecule has 0 spiro atoms. The predicted octanol–water partition coefficient (Wildman–Crippen LogP) is 3.70. The number of ether oxygens (including phenoxy) is 1. The van der Waals surface area contributed by atoms with E-state index in [4.69, 9.17) is 4.74 Å². The Balaban J connectivity index is 1.45. The molecule has 0 saturated heterocycles. The van der Waals surface area contributed by atoms with Gasteiger partial charge in [0, 0.05) is 9.13 Å². The van der Waals surface area contributed by atoms with Gasteiger partial charge in [-0.15, -0.1) is 0 Å². The zero-order valence-corrected chi connectivity index (χ0v) is 19.3. The van der Waals surface area contributed by atoms with Gasteiger partial charge >= 0.3 is 5.97 Å².